The Bertz CT molecular complexity index is 743. The number of aliphatic hydroxyl groups excluding tert-OH is 5. The van der Waals surface area contributed by atoms with E-state index in [0.717, 1.165) is 30.9 Å². The molecule has 7 N–H and O–H groups in total. The molecule has 48 heavy (non-hydrogen) atoms. The molecular formula is C38H77NO8S. The maximum absolute atomic E-state index is 10.8. The highest BCUT2D eigenvalue weighted by molar-refractivity contribution is 7.84. The van der Waals surface area contributed by atoms with Gasteiger partial charge in [-0.05, 0) is 18.8 Å². The second-order valence-electron chi connectivity index (χ2n) is 14.6. The second kappa shape index (κ2) is 30.5. The fraction of sp³-hybridized carbons (Fsp3) is 1.00. The van der Waals surface area contributed by atoms with Crippen LogP contribution in [0, 0.1) is 5.92 Å². The number of nitrogens with two attached hydrogens (primary N) is 1. The number of unbranched alkanes of at least 4 members (excludes halogenated alkanes) is 19. The first-order valence-electron chi connectivity index (χ1n) is 19.9. The van der Waals surface area contributed by atoms with E-state index in [1.165, 1.54) is 135 Å². The quantitative estimate of drug-likeness (QED) is 0.0474. The predicted octanol–water partition coefficient (Wildman–Crippen LogP) is 6.26. The van der Waals surface area contributed by atoms with Gasteiger partial charge in [-0.25, -0.2) is 0 Å². The molecule has 1 saturated carbocycles. The molecule has 1 aliphatic heterocycles. The molecule has 10 heteroatoms. The molecule has 8 atom stereocenters. The van der Waals surface area contributed by atoms with E-state index in [4.69, 9.17) is 15.2 Å². The zero-order chi connectivity index (χ0) is 35.4. The maximum atomic E-state index is 10.8. The van der Waals surface area contributed by atoms with Gasteiger partial charge >= 0.3 is 0 Å². The third kappa shape index (κ3) is 24.1. The van der Waals surface area contributed by atoms with E-state index in [1.807, 2.05) is 0 Å². The molecule has 0 aromatic heterocycles. The standard InChI is InChI=1S/C24H49NO7.C14H28OS/c1-2-3-4-5-6-7-8-9-10-11-12-13-14-15-19(27)18(25)17-31-24-23(30)22(29)21(28)20(16-26)32-24;1-16(15)13-9-7-5-3-2-4-6-8-10-14-11-12-14/h18-24,26-30H,2-17,25H2,1H3;14H,2-13H2,1H3. The lowest BCUT2D eigenvalue weighted by molar-refractivity contribution is -0.302. The Morgan fingerprint density at radius 1 is 0.729 bits per heavy atom. The van der Waals surface area contributed by atoms with Crippen molar-refractivity contribution in [2.45, 2.75) is 210 Å². The van der Waals surface area contributed by atoms with Gasteiger partial charge in [0.15, 0.2) is 6.29 Å². The molecule has 288 valence electrons. The lowest BCUT2D eigenvalue weighted by atomic mass is 9.99. The van der Waals surface area contributed by atoms with E-state index in [0.29, 0.717) is 6.42 Å². The van der Waals surface area contributed by atoms with Crippen LogP contribution in [0.15, 0.2) is 0 Å². The van der Waals surface area contributed by atoms with Gasteiger partial charge in [0.25, 0.3) is 0 Å². The van der Waals surface area contributed by atoms with Crippen LogP contribution in [-0.2, 0) is 20.3 Å². The molecule has 0 amide bonds. The second-order valence-corrected chi connectivity index (χ2v) is 16.2. The van der Waals surface area contributed by atoms with Crippen LogP contribution in [0.1, 0.15) is 167 Å². The summed E-state index contributed by atoms with van der Waals surface area (Å²) >= 11 is 0. The summed E-state index contributed by atoms with van der Waals surface area (Å²) in [5.41, 5.74) is 5.98. The van der Waals surface area contributed by atoms with Gasteiger partial charge in [-0.3, -0.25) is 4.21 Å². The van der Waals surface area contributed by atoms with Crippen molar-refractivity contribution in [2.24, 2.45) is 11.7 Å². The highest BCUT2D eigenvalue weighted by atomic mass is 32.2. The first-order valence-corrected chi connectivity index (χ1v) is 21.6. The summed E-state index contributed by atoms with van der Waals surface area (Å²) in [7, 11) is -0.576. The topological polar surface area (TPSA) is 163 Å². The zero-order valence-corrected chi connectivity index (χ0v) is 31.7. The van der Waals surface area contributed by atoms with E-state index in [1.54, 1.807) is 6.26 Å². The SMILES string of the molecule is CCCCCCCCCCCCCCCC(O)C(N)COC1OC(CO)C(O)C(O)C1O.CS(=O)CCCCCCCCCCC1CC1. The van der Waals surface area contributed by atoms with Gasteiger partial charge in [0.2, 0.25) is 0 Å². The summed E-state index contributed by atoms with van der Waals surface area (Å²) in [4.78, 5) is 0. The highest BCUT2D eigenvalue weighted by Crippen LogP contribution is 2.34. The van der Waals surface area contributed by atoms with Crippen molar-refractivity contribution in [3.63, 3.8) is 0 Å². The Morgan fingerprint density at radius 3 is 1.69 bits per heavy atom. The molecule has 2 aliphatic rings. The van der Waals surface area contributed by atoms with Gasteiger partial charge in [0.05, 0.1) is 25.4 Å². The Morgan fingerprint density at radius 2 is 1.21 bits per heavy atom. The number of hydrogen-bond acceptors (Lipinski definition) is 9. The summed E-state index contributed by atoms with van der Waals surface area (Å²) in [5, 5.41) is 49.0. The monoisotopic (exact) mass is 708 g/mol. The van der Waals surface area contributed by atoms with E-state index in [2.05, 4.69) is 6.92 Å². The summed E-state index contributed by atoms with van der Waals surface area (Å²) in [5.74, 6) is 2.02. The van der Waals surface area contributed by atoms with E-state index in [-0.39, 0.29) is 6.61 Å². The van der Waals surface area contributed by atoms with Crippen molar-refractivity contribution >= 4 is 10.8 Å². The van der Waals surface area contributed by atoms with E-state index >= 15 is 0 Å². The molecule has 1 saturated heterocycles. The average molecular weight is 708 g/mol. The Kier molecular flexibility index (Phi) is 29.1. The van der Waals surface area contributed by atoms with Crippen molar-refractivity contribution in [3.8, 4) is 0 Å². The highest BCUT2D eigenvalue weighted by Gasteiger charge is 2.44. The van der Waals surface area contributed by atoms with Gasteiger partial charge in [-0.1, -0.05) is 155 Å². The fourth-order valence-electron chi connectivity index (χ4n) is 6.31. The molecule has 0 radical (unpaired) electrons. The largest absolute Gasteiger partial charge is 0.394 e. The van der Waals surface area contributed by atoms with Gasteiger partial charge in [0, 0.05) is 22.8 Å². The zero-order valence-electron chi connectivity index (χ0n) is 30.9. The third-order valence-corrected chi connectivity index (χ3v) is 10.8. The van der Waals surface area contributed by atoms with Crippen molar-refractivity contribution in [1.82, 2.24) is 0 Å². The van der Waals surface area contributed by atoms with Crippen LogP contribution < -0.4 is 5.73 Å². The van der Waals surface area contributed by atoms with Crippen LogP contribution in [-0.4, -0.2) is 97.8 Å². The minimum Gasteiger partial charge on any atom is -0.394 e. The van der Waals surface area contributed by atoms with E-state index < -0.39 is 60.3 Å². The number of aliphatic hydroxyl groups is 5. The molecule has 2 fully saturated rings. The number of hydrogen-bond donors (Lipinski definition) is 6. The van der Waals surface area contributed by atoms with E-state index in [9.17, 15) is 29.7 Å². The molecule has 9 nitrogen and oxygen atoms in total. The molecule has 1 heterocycles. The summed E-state index contributed by atoms with van der Waals surface area (Å²) in [6.07, 6.45) is 27.0. The molecule has 8 unspecified atom stereocenters. The van der Waals surface area contributed by atoms with Gasteiger partial charge in [0.1, 0.15) is 24.4 Å². The maximum Gasteiger partial charge on any atom is 0.186 e. The summed E-state index contributed by atoms with van der Waals surface area (Å²) < 4.78 is 21.5. The summed E-state index contributed by atoms with van der Waals surface area (Å²) in [6.45, 7) is 1.67. The Labute approximate surface area is 296 Å². The van der Waals surface area contributed by atoms with Crippen molar-refractivity contribution < 1.29 is 39.2 Å². The van der Waals surface area contributed by atoms with Crippen molar-refractivity contribution in [3.05, 3.63) is 0 Å². The van der Waals surface area contributed by atoms with Crippen molar-refractivity contribution in [2.75, 3.05) is 25.2 Å². The number of ether oxygens (including phenoxy) is 2. The van der Waals surface area contributed by atoms with Crippen molar-refractivity contribution in [1.29, 1.82) is 0 Å². The fourth-order valence-corrected chi connectivity index (χ4v) is 6.92. The molecular weight excluding hydrogens is 630 g/mol. The first-order chi connectivity index (χ1) is 23.2. The third-order valence-electron chi connectivity index (χ3n) is 9.89. The molecule has 1 aliphatic carbocycles. The molecule has 0 aromatic rings. The molecule has 0 aromatic carbocycles. The van der Waals surface area contributed by atoms with Gasteiger partial charge < -0.3 is 40.7 Å². The predicted molar refractivity (Wildman–Crippen MR) is 197 cm³/mol. The Hall–Kier alpha value is -0.170. The van der Waals surface area contributed by atoms with Crippen LogP contribution in [0.3, 0.4) is 0 Å². The molecule has 0 bridgehead atoms. The Balaban J connectivity index is 0.000000600. The van der Waals surface area contributed by atoms with Crippen LogP contribution in [0.5, 0.6) is 0 Å². The molecule has 0 spiro atoms. The normalized spacial score (nSPS) is 24.5. The van der Waals surface area contributed by atoms with Crippen LogP contribution in [0.25, 0.3) is 0 Å². The number of rotatable bonds is 30. The van der Waals surface area contributed by atoms with Crippen LogP contribution >= 0.6 is 0 Å². The average Bonchev–Trinajstić information content (AvgIpc) is 3.91. The van der Waals surface area contributed by atoms with Gasteiger partial charge in [-0.15, -0.1) is 0 Å². The lowest BCUT2D eigenvalue weighted by Crippen LogP contribution is -2.59. The van der Waals surface area contributed by atoms with Crippen LogP contribution in [0.4, 0.5) is 0 Å². The summed E-state index contributed by atoms with van der Waals surface area (Å²) in [6, 6.07) is -0.653. The lowest BCUT2D eigenvalue weighted by Gasteiger charge is -2.40. The smallest absolute Gasteiger partial charge is 0.186 e. The minimum atomic E-state index is -1.49. The molecule has 2 rings (SSSR count). The first kappa shape index (κ1) is 45.9. The minimum absolute atomic E-state index is 0.0672. The van der Waals surface area contributed by atoms with Gasteiger partial charge in [-0.2, -0.15) is 0 Å². The van der Waals surface area contributed by atoms with Crippen LogP contribution in [0.2, 0.25) is 0 Å².